The van der Waals surface area contributed by atoms with Crippen LogP contribution in [0.25, 0.3) is 0 Å². The molecule has 0 aliphatic carbocycles. The van der Waals surface area contributed by atoms with E-state index in [1.165, 1.54) is 0 Å². The first-order valence-electron chi connectivity index (χ1n) is 6.20. The number of methoxy groups -OCH3 is 1. The van der Waals surface area contributed by atoms with E-state index in [1.807, 2.05) is 26.0 Å². The molecule has 0 aromatic heterocycles. The van der Waals surface area contributed by atoms with Gasteiger partial charge in [-0.2, -0.15) is 0 Å². The first kappa shape index (κ1) is 13.2. The number of benzene rings is 1. The van der Waals surface area contributed by atoms with E-state index in [0.29, 0.717) is 5.75 Å². The molecule has 1 saturated heterocycles. The summed E-state index contributed by atoms with van der Waals surface area (Å²) in [6.45, 7) is 6.04. The number of ether oxygens (including phenoxy) is 3. The van der Waals surface area contributed by atoms with Crippen LogP contribution in [0.4, 0.5) is 0 Å². The van der Waals surface area contributed by atoms with Crippen molar-refractivity contribution in [1.82, 2.24) is 0 Å². The standard InChI is InChI=1S/C14H20O4/c1-8-9(2)17-10(3)18-14(8)11-5-6-12(15)13(7-11)16-4/h5-10,14-15H,1-4H3/t8-,9-,10-,14-/m1/s1. The number of phenolic OH excluding ortho intramolecular Hbond substituents is 1. The third-order valence-electron chi connectivity index (χ3n) is 3.49. The molecular weight excluding hydrogens is 232 g/mol. The second-order valence-corrected chi connectivity index (χ2v) is 4.76. The summed E-state index contributed by atoms with van der Waals surface area (Å²) < 4.78 is 16.6. The van der Waals surface area contributed by atoms with Crippen LogP contribution in [0.15, 0.2) is 18.2 Å². The Bertz CT molecular complexity index is 418. The van der Waals surface area contributed by atoms with E-state index < -0.39 is 0 Å². The van der Waals surface area contributed by atoms with Gasteiger partial charge in [0.15, 0.2) is 17.8 Å². The average molecular weight is 252 g/mol. The third-order valence-corrected chi connectivity index (χ3v) is 3.49. The van der Waals surface area contributed by atoms with Crippen molar-refractivity contribution in [1.29, 1.82) is 0 Å². The molecule has 0 saturated carbocycles. The first-order valence-corrected chi connectivity index (χ1v) is 6.20. The summed E-state index contributed by atoms with van der Waals surface area (Å²) in [6.07, 6.45) is -0.127. The smallest absolute Gasteiger partial charge is 0.160 e. The van der Waals surface area contributed by atoms with Crippen LogP contribution in [0.3, 0.4) is 0 Å². The van der Waals surface area contributed by atoms with Gasteiger partial charge in [-0.05, 0) is 31.5 Å². The Kier molecular flexibility index (Phi) is 3.78. The monoisotopic (exact) mass is 252 g/mol. The van der Waals surface area contributed by atoms with Crippen molar-refractivity contribution in [2.75, 3.05) is 7.11 Å². The lowest BCUT2D eigenvalue weighted by Crippen LogP contribution is -2.37. The fourth-order valence-electron chi connectivity index (χ4n) is 2.29. The molecule has 0 unspecified atom stereocenters. The summed E-state index contributed by atoms with van der Waals surface area (Å²) in [4.78, 5) is 0. The van der Waals surface area contributed by atoms with E-state index in [-0.39, 0.29) is 30.2 Å². The lowest BCUT2D eigenvalue weighted by Gasteiger charge is -2.38. The van der Waals surface area contributed by atoms with Crippen molar-refractivity contribution in [3.8, 4) is 11.5 Å². The molecule has 1 N–H and O–H groups in total. The van der Waals surface area contributed by atoms with Crippen LogP contribution in [0, 0.1) is 5.92 Å². The Morgan fingerprint density at radius 2 is 1.89 bits per heavy atom. The summed E-state index contributed by atoms with van der Waals surface area (Å²) in [7, 11) is 1.54. The Balaban J connectivity index is 2.29. The maximum absolute atomic E-state index is 9.61. The summed E-state index contributed by atoms with van der Waals surface area (Å²) in [5, 5.41) is 9.61. The van der Waals surface area contributed by atoms with Crippen LogP contribution in [0.5, 0.6) is 11.5 Å². The topological polar surface area (TPSA) is 47.9 Å². The van der Waals surface area contributed by atoms with E-state index in [1.54, 1.807) is 13.2 Å². The van der Waals surface area contributed by atoms with Crippen molar-refractivity contribution < 1.29 is 19.3 Å². The van der Waals surface area contributed by atoms with Gasteiger partial charge < -0.3 is 19.3 Å². The van der Waals surface area contributed by atoms with Gasteiger partial charge in [0.05, 0.1) is 19.3 Å². The summed E-state index contributed by atoms with van der Waals surface area (Å²) in [5.74, 6) is 0.854. The van der Waals surface area contributed by atoms with Crippen molar-refractivity contribution in [2.24, 2.45) is 5.92 Å². The molecule has 2 rings (SSSR count). The molecule has 18 heavy (non-hydrogen) atoms. The molecule has 1 aliphatic heterocycles. The third kappa shape index (κ3) is 2.44. The zero-order valence-corrected chi connectivity index (χ0v) is 11.2. The second kappa shape index (κ2) is 5.16. The Labute approximate surface area is 107 Å². The van der Waals surface area contributed by atoms with E-state index in [0.717, 1.165) is 5.56 Å². The SMILES string of the molecule is COc1cc([C@@H]2O[C@H](C)O[C@H](C)[C@H]2C)ccc1O. The lowest BCUT2D eigenvalue weighted by molar-refractivity contribution is -0.256. The predicted molar refractivity (Wildman–Crippen MR) is 67.7 cm³/mol. The van der Waals surface area contributed by atoms with Crippen molar-refractivity contribution in [3.05, 3.63) is 23.8 Å². The highest BCUT2D eigenvalue weighted by Gasteiger charge is 2.33. The van der Waals surface area contributed by atoms with E-state index in [2.05, 4.69) is 6.92 Å². The molecule has 1 aromatic rings. The van der Waals surface area contributed by atoms with Crippen LogP contribution < -0.4 is 4.74 Å². The second-order valence-electron chi connectivity index (χ2n) is 4.76. The molecule has 1 aliphatic rings. The molecule has 1 fully saturated rings. The molecule has 0 spiro atoms. The molecule has 0 bridgehead atoms. The fourth-order valence-corrected chi connectivity index (χ4v) is 2.29. The van der Waals surface area contributed by atoms with Crippen molar-refractivity contribution in [3.63, 3.8) is 0 Å². The Hall–Kier alpha value is -1.26. The molecule has 100 valence electrons. The number of phenols is 1. The van der Waals surface area contributed by atoms with E-state index >= 15 is 0 Å². The van der Waals surface area contributed by atoms with Gasteiger partial charge in [-0.3, -0.25) is 0 Å². The van der Waals surface area contributed by atoms with Gasteiger partial charge in [-0.1, -0.05) is 13.0 Å². The van der Waals surface area contributed by atoms with Gasteiger partial charge >= 0.3 is 0 Å². The minimum Gasteiger partial charge on any atom is -0.504 e. The molecule has 0 radical (unpaired) electrons. The Morgan fingerprint density at radius 3 is 2.56 bits per heavy atom. The lowest BCUT2D eigenvalue weighted by atomic mass is 9.92. The minimum absolute atomic E-state index is 0.0433. The van der Waals surface area contributed by atoms with E-state index in [9.17, 15) is 5.11 Å². The maximum atomic E-state index is 9.61. The maximum Gasteiger partial charge on any atom is 0.160 e. The van der Waals surface area contributed by atoms with Crippen LogP contribution in [0.1, 0.15) is 32.4 Å². The highest BCUT2D eigenvalue weighted by Crippen LogP contribution is 2.38. The van der Waals surface area contributed by atoms with Gasteiger partial charge in [0.25, 0.3) is 0 Å². The van der Waals surface area contributed by atoms with E-state index in [4.69, 9.17) is 14.2 Å². The molecule has 1 aromatic carbocycles. The number of rotatable bonds is 2. The molecular formula is C14H20O4. The molecule has 1 heterocycles. The van der Waals surface area contributed by atoms with Crippen LogP contribution in [0.2, 0.25) is 0 Å². The minimum atomic E-state index is -0.221. The summed E-state index contributed by atoms with van der Waals surface area (Å²) >= 11 is 0. The predicted octanol–water partition coefficient (Wildman–Crippen LogP) is 2.86. The zero-order chi connectivity index (χ0) is 13.3. The number of hydrogen-bond acceptors (Lipinski definition) is 4. The summed E-state index contributed by atoms with van der Waals surface area (Å²) in [6, 6.07) is 5.32. The van der Waals surface area contributed by atoms with Crippen LogP contribution in [-0.2, 0) is 9.47 Å². The Morgan fingerprint density at radius 1 is 1.17 bits per heavy atom. The van der Waals surface area contributed by atoms with Gasteiger partial charge in [0.1, 0.15) is 0 Å². The molecule has 4 atom stereocenters. The van der Waals surface area contributed by atoms with Crippen LogP contribution in [-0.4, -0.2) is 24.6 Å². The largest absolute Gasteiger partial charge is 0.504 e. The fraction of sp³-hybridized carbons (Fsp3) is 0.571. The average Bonchev–Trinajstić information content (AvgIpc) is 2.34. The quantitative estimate of drug-likeness (QED) is 0.879. The van der Waals surface area contributed by atoms with Gasteiger partial charge in [-0.15, -0.1) is 0 Å². The molecule has 4 heteroatoms. The summed E-state index contributed by atoms with van der Waals surface area (Å²) in [5.41, 5.74) is 0.999. The normalized spacial score (nSPS) is 32.2. The highest BCUT2D eigenvalue weighted by molar-refractivity contribution is 5.42. The highest BCUT2D eigenvalue weighted by atomic mass is 16.7. The molecule has 0 amide bonds. The van der Waals surface area contributed by atoms with Gasteiger partial charge in [-0.25, -0.2) is 0 Å². The van der Waals surface area contributed by atoms with Gasteiger partial charge in [0, 0.05) is 5.92 Å². The van der Waals surface area contributed by atoms with Crippen LogP contribution >= 0.6 is 0 Å². The number of aromatic hydroxyl groups is 1. The first-order chi connectivity index (χ1) is 8.52. The van der Waals surface area contributed by atoms with Crippen molar-refractivity contribution >= 4 is 0 Å². The number of hydrogen-bond donors (Lipinski definition) is 1. The molecule has 4 nitrogen and oxygen atoms in total. The van der Waals surface area contributed by atoms with Gasteiger partial charge in [0.2, 0.25) is 0 Å². The van der Waals surface area contributed by atoms with Crippen molar-refractivity contribution in [2.45, 2.75) is 39.3 Å². The zero-order valence-electron chi connectivity index (χ0n) is 11.2.